The van der Waals surface area contributed by atoms with Crippen molar-refractivity contribution in [3.8, 4) is 0 Å². The standard InChI is InChI=1S/C9H12OS/c1-7-3-6-11-8(7)9(10)4-2-5-9/h3,6,10H,2,4-5H2,1H3. The second-order valence-corrected chi connectivity index (χ2v) is 4.23. The molecule has 1 aliphatic carbocycles. The zero-order chi connectivity index (χ0) is 7.90. The molecule has 60 valence electrons. The van der Waals surface area contributed by atoms with E-state index in [1.165, 1.54) is 16.9 Å². The summed E-state index contributed by atoms with van der Waals surface area (Å²) in [4.78, 5) is 1.18. The normalized spacial score (nSPS) is 21.3. The predicted octanol–water partition coefficient (Wildman–Crippen LogP) is 2.43. The highest BCUT2D eigenvalue weighted by atomic mass is 32.1. The Balaban J connectivity index is 2.35. The van der Waals surface area contributed by atoms with Gasteiger partial charge in [-0.25, -0.2) is 0 Å². The summed E-state index contributed by atoms with van der Waals surface area (Å²) in [6.45, 7) is 2.07. The van der Waals surface area contributed by atoms with E-state index < -0.39 is 5.60 Å². The molecule has 1 heterocycles. The van der Waals surface area contributed by atoms with Gasteiger partial charge >= 0.3 is 0 Å². The van der Waals surface area contributed by atoms with Gasteiger partial charge in [-0.2, -0.15) is 0 Å². The van der Waals surface area contributed by atoms with Crippen molar-refractivity contribution in [2.75, 3.05) is 0 Å². The Bertz CT molecular complexity index is 260. The van der Waals surface area contributed by atoms with Crippen LogP contribution in [0.3, 0.4) is 0 Å². The molecule has 1 saturated carbocycles. The van der Waals surface area contributed by atoms with Gasteiger partial charge in [0, 0.05) is 4.88 Å². The van der Waals surface area contributed by atoms with Crippen LogP contribution < -0.4 is 0 Å². The summed E-state index contributed by atoms with van der Waals surface area (Å²) in [6.07, 6.45) is 3.08. The molecular formula is C9H12OS. The molecule has 0 bridgehead atoms. The third kappa shape index (κ3) is 1.01. The average molecular weight is 168 g/mol. The fourth-order valence-corrected chi connectivity index (χ4v) is 2.67. The Kier molecular flexibility index (Phi) is 1.55. The average Bonchev–Trinajstić information content (AvgIpc) is 2.30. The molecule has 1 aromatic heterocycles. The molecule has 0 radical (unpaired) electrons. The van der Waals surface area contributed by atoms with E-state index in [0.717, 1.165) is 12.8 Å². The Morgan fingerprint density at radius 1 is 1.55 bits per heavy atom. The topological polar surface area (TPSA) is 20.2 Å². The van der Waals surface area contributed by atoms with Crippen molar-refractivity contribution in [1.29, 1.82) is 0 Å². The molecule has 1 nitrogen and oxygen atoms in total. The highest BCUT2D eigenvalue weighted by Crippen LogP contribution is 2.44. The van der Waals surface area contributed by atoms with Crippen LogP contribution in [-0.2, 0) is 5.60 Å². The van der Waals surface area contributed by atoms with Crippen molar-refractivity contribution in [3.05, 3.63) is 21.9 Å². The van der Waals surface area contributed by atoms with Gasteiger partial charge in [0.25, 0.3) is 0 Å². The predicted molar refractivity (Wildman–Crippen MR) is 46.8 cm³/mol. The van der Waals surface area contributed by atoms with Crippen molar-refractivity contribution in [2.45, 2.75) is 31.8 Å². The van der Waals surface area contributed by atoms with Crippen LogP contribution in [0.5, 0.6) is 0 Å². The molecule has 1 fully saturated rings. The Morgan fingerprint density at radius 3 is 2.64 bits per heavy atom. The number of thiophene rings is 1. The Morgan fingerprint density at radius 2 is 2.27 bits per heavy atom. The molecule has 0 unspecified atom stereocenters. The molecule has 0 saturated heterocycles. The third-order valence-corrected chi connectivity index (χ3v) is 3.68. The minimum absolute atomic E-state index is 0.446. The first-order valence-corrected chi connectivity index (χ1v) is 4.87. The molecule has 1 N–H and O–H groups in total. The molecular weight excluding hydrogens is 156 g/mol. The maximum Gasteiger partial charge on any atom is 0.0990 e. The summed E-state index contributed by atoms with van der Waals surface area (Å²) >= 11 is 1.68. The Hall–Kier alpha value is -0.340. The van der Waals surface area contributed by atoms with Crippen LogP contribution in [0.2, 0.25) is 0 Å². The molecule has 1 aromatic rings. The Labute approximate surface area is 70.7 Å². The van der Waals surface area contributed by atoms with Gasteiger partial charge in [0.1, 0.15) is 0 Å². The van der Waals surface area contributed by atoms with E-state index in [9.17, 15) is 5.11 Å². The summed E-state index contributed by atoms with van der Waals surface area (Å²) in [5.74, 6) is 0. The van der Waals surface area contributed by atoms with Gasteiger partial charge in [-0.05, 0) is 43.2 Å². The van der Waals surface area contributed by atoms with E-state index in [0.29, 0.717) is 0 Å². The second kappa shape index (κ2) is 2.32. The van der Waals surface area contributed by atoms with E-state index in [4.69, 9.17) is 0 Å². The zero-order valence-electron chi connectivity index (χ0n) is 6.63. The molecule has 2 rings (SSSR count). The van der Waals surface area contributed by atoms with Crippen molar-refractivity contribution >= 4 is 11.3 Å². The van der Waals surface area contributed by atoms with Crippen molar-refractivity contribution in [1.82, 2.24) is 0 Å². The van der Waals surface area contributed by atoms with Crippen molar-refractivity contribution in [2.24, 2.45) is 0 Å². The minimum atomic E-state index is -0.446. The molecule has 11 heavy (non-hydrogen) atoms. The molecule has 0 aromatic carbocycles. The lowest BCUT2D eigenvalue weighted by molar-refractivity contribution is -0.0358. The highest BCUT2D eigenvalue weighted by molar-refractivity contribution is 7.10. The smallest absolute Gasteiger partial charge is 0.0990 e. The maximum atomic E-state index is 9.96. The zero-order valence-corrected chi connectivity index (χ0v) is 7.45. The monoisotopic (exact) mass is 168 g/mol. The SMILES string of the molecule is Cc1ccsc1C1(O)CCC1. The fourth-order valence-electron chi connectivity index (χ4n) is 1.59. The number of hydrogen-bond acceptors (Lipinski definition) is 2. The number of hydrogen-bond donors (Lipinski definition) is 1. The lowest BCUT2D eigenvalue weighted by Gasteiger charge is -2.36. The van der Waals surface area contributed by atoms with Crippen molar-refractivity contribution < 1.29 is 5.11 Å². The first kappa shape index (κ1) is 7.32. The van der Waals surface area contributed by atoms with Crippen LogP contribution in [0.4, 0.5) is 0 Å². The maximum absolute atomic E-state index is 9.96. The molecule has 0 spiro atoms. The van der Waals surface area contributed by atoms with Gasteiger partial charge in [-0.1, -0.05) is 0 Å². The van der Waals surface area contributed by atoms with Crippen molar-refractivity contribution in [3.63, 3.8) is 0 Å². The van der Waals surface area contributed by atoms with E-state index in [-0.39, 0.29) is 0 Å². The van der Waals surface area contributed by atoms with Crippen LogP contribution in [0, 0.1) is 6.92 Å². The first-order chi connectivity index (χ1) is 5.22. The molecule has 0 atom stereocenters. The number of rotatable bonds is 1. The third-order valence-electron chi connectivity index (χ3n) is 2.47. The van der Waals surface area contributed by atoms with Gasteiger partial charge in [0.2, 0.25) is 0 Å². The molecule has 2 heteroatoms. The number of aliphatic hydroxyl groups is 1. The van der Waals surface area contributed by atoms with Crippen LogP contribution in [0.25, 0.3) is 0 Å². The molecule has 0 amide bonds. The number of aryl methyl sites for hydroxylation is 1. The largest absolute Gasteiger partial charge is 0.384 e. The van der Waals surface area contributed by atoms with Crippen LogP contribution in [-0.4, -0.2) is 5.11 Å². The second-order valence-electron chi connectivity index (χ2n) is 3.32. The van der Waals surface area contributed by atoms with Gasteiger partial charge in [-0.3, -0.25) is 0 Å². The first-order valence-electron chi connectivity index (χ1n) is 3.99. The summed E-state index contributed by atoms with van der Waals surface area (Å²) in [5, 5.41) is 12.0. The fraction of sp³-hybridized carbons (Fsp3) is 0.556. The summed E-state index contributed by atoms with van der Waals surface area (Å²) in [6, 6.07) is 2.08. The lowest BCUT2D eigenvalue weighted by Crippen LogP contribution is -2.33. The minimum Gasteiger partial charge on any atom is -0.384 e. The lowest BCUT2D eigenvalue weighted by atomic mass is 9.78. The molecule has 0 aliphatic heterocycles. The quantitative estimate of drug-likeness (QED) is 0.682. The van der Waals surface area contributed by atoms with Gasteiger partial charge in [-0.15, -0.1) is 11.3 Å². The van der Waals surface area contributed by atoms with Gasteiger partial charge < -0.3 is 5.11 Å². The highest BCUT2D eigenvalue weighted by Gasteiger charge is 2.38. The van der Waals surface area contributed by atoms with Crippen LogP contribution >= 0.6 is 11.3 Å². The van der Waals surface area contributed by atoms with Crippen LogP contribution in [0.1, 0.15) is 29.7 Å². The summed E-state index contributed by atoms with van der Waals surface area (Å²) in [7, 11) is 0. The van der Waals surface area contributed by atoms with E-state index in [1.54, 1.807) is 11.3 Å². The van der Waals surface area contributed by atoms with E-state index in [2.05, 4.69) is 18.4 Å². The molecule has 1 aliphatic rings. The van der Waals surface area contributed by atoms with Crippen LogP contribution in [0.15, 0.2) is 11.4 Å². The van der Waals surface area contributed by atoms with Gasteiger partial charge in [0.15, 0.2) is 0 Å². The summed E-state index contributed by atoms with van der Waals surface area (Å²) < 4.78 is 0. The summed E-state index contributed by atoms with van der Waals surface area (Å²) in [5.41, 5.74) is 0.801. The van der Waals surface area contributed by atoms with E-state index >= 15 is 0 Å². The van der Waals surface area contributed by atoms with E-state index in [1.807, 2.05) is 0 Å². The van der Waals surface area contributed by atoms with Gasteiger partial charge in [0.05, 0.1) is 5.60 Å².